The second-order valence-electron chi connectivity index (χ2n) is 14.2. The lowest BCUT2D eigenvalue weighted by Crippen LogP contribution is -2.69. The van der Waals surface area contributed by atoms with Crippen molar-refractivity contribution in [3.05, 3.63) is 171 Å². The van der Waals surface area contributed by atoms with E-state index < -0.39 is 11.3 Å². The summed E-state index contributed by atoms with van der Waals surface area (Å²) < 4.78 is 6.53. The number of likely N-dealkylation sites (tertiary alicyclic amines) is 1. The quantitative estimate of drug-likeness (QED) is 0.0957. The fraction of sp³-hybridized carbons (Fsp3) is 0.289. The average Bonchev–Trinajstić information content (AvgIpc) is 3.11. The summed E-state index contributed by atoms with van der Waals surface area (Å²) >= 11 is 0. The minimum absolute atomic E-state index is 0.121. The molecular formula is C45H45NO3. The molecule has 1 aliphatic carbocycles. The van der Waals surface area contributed by atoms with Gasteiger partial charge in [-0.05, 0) is 68.9 Å². The number of hydrogen-bond donors (Lipinski definition) is 0. The van der Waals surface area contributed by atoms with Crippen LogP contribution in [0.5, 0.6) is 5.75 Å². The van der Waals surface area contributed by atoms with Crippen LogP contribution in [0.15, 0.2) is 121 Å². The molecule has 1 atom stereocenters. The van der Waals surface area contributed by atoms with Crippen molar-refractivity contribution in [2.24, 2.45) is 0 Å². The van der Waals surface area contributed by atoms with Crippen LogP contribution in [0, 0.1) is 27.7 Å². The molecule has 5 aromatic carbocycles. The molecule has 49 heavy (non-hydrogen) atoms. The Morgan fingerprint density at radius 2 is 1.08 bits per heavy atom. The molecule has 0 radical (unpaired) electrons. The van der Waals surface area contributed by atoms with Crippen molar-refractivity contribution in [3.63, 3.8) is 0 Å². The molecule has 0 spiro atoms. The third-order valence-electron chi connectivity index (χ3n) is 10.7. The molecule has 0 aromatic heterocycles. The lowest BCUT2D eigenvalue weighted by molar-refractivity contribution is -0.164. The van der Waals surface area contributed by atoms with Crippen molar-refractivity contribution in [1.29, 1.82) is 0 Å². The molecule has 0 bridgehead atoms. The topological polar surface area (TPSA) is 46.6 Å². The molecule has 2 fully saturated rings. The van der Waals surface area contributed by atoms with Crippen LogP contribution in [0.2, 0.25) is 0 Å². The van der Waals surface area contributed by atoms with Crippen molar-refractivity contribution >= 4 is 11.9 Å². The van der Waals surface area contributed by atoms with Gasteiger partial charge in [-0.25, -0.2) is 0 Å². The molecule has 1 amide bonds. The number of aryl methyl sites for hydroxylation is 4. The number of ether oxygens (including phenoxy) is 1. The first-order valence-corrected chi connectivity index (χ1v) is 17.7. The molecule has 1 unspecified atom stereocenters. The predicted octanol–water partition coefficient (Wildman–Crippen LogP) is 9.86. The number of para-hydroxylation sites is 1. The smallest absolute Gasteiger partial charge is 0.323 e. The molecule has 0 N–H and O–H groups in total. The van der Waals surface area contributed by atoms with Gasteiger partial charge in [-0.1, -0.05) is 157 Å². The highest BCUT2D eigenvalue weighted by Gasteiger charge is 2.65. The van der Waals surface area contributed by atoms with E-state index in [1.54, 1.807) is 0 Å². The molecule has 1 heterocycles. The Morgan fingerprint density at radius 3 is 1.57 bits per heavy atom. The maximum Gasteiger partial charge on any atom is 0.323 e. The summed E-state index contributed by atoms with van der Waals surface area (Å²) in [7, 11) is 0. The van der Waals surface area contributed by atoms with Gasteiger partial charge in [-0.3, -0.25) is 9.59 Å². The van der Waals surface area contributed by atoms with Gasteiger partial charge in [0.15, 0.2) is 0 Å². The van der Waals surface area contributed by atoms with E-state index in [1.807, 2.05) is 80.6 Å². The molecule has 2 aliphatic rings. The lowest BCUT2D eigenvalue weighted by Gasteiger charge is -2.60. The van der Waals surface area contributed by atoms with Gasteiger partial charge in [0.05, 0.1) is 6.04 Å². The van der Waals surface area contributed by atoms with Gasteiger partial charge in [0.25, 0.3) is 0 Å². The third-order valence-corrected chi connectivity index (χ3v) is 10.7. The largest absolute Gasteiger partial charge is 0.425 e. The number of nitrogens with zero attached hydrogens (tertiary/aromatic N) is 1. The van der Waals surface area contributed by atoms with Gasteiger partial charge < -0.3 is 9.64 Å². The minimum atomic E-state index is -0.964. The predicted molar refractivity (Wildman–Crippen MR) is 196 cm³/mol. The zero-order valence-corrected chi connectivity index (χ0v) is 29.0. The van der Waals surface area contributed by atoms with Gasteiger partial charge in [0, 0.05) is 11.6 Å². The monoisotopic (exact) mass is 647 g/mol. The van der Waals surface area contributed by atoms with E-state index in [9.17, 15) is 4.79 Å². The van der Waals surface area contributed by atoms with E-state index in [0.717, 1.165) is 75.8 Å². The lowest BCUT2D eigenvalue weighted by atomic mass is 9.58. The fourth-order valence-electron chi connectivity index (χ4n) is 8.01. The van der Waals surface area contributed by atoms with Crippen molar-refractivity contribution in [3.8, 4) is 5.75 Å². The molecule has 1 saturated heterocycles. The third kappa shape index (κ3) is 5.99. The van der Waals surface area contributed by atoms with E-state index in [1.165, 1.54) is 6.42 Å². The Balaban J connectivity index is 1.37. The van der Waals surface area contributed by atoms with Crippen LogP contribution in [-0.2, 0) is 15.0 Å². The molecule has 4 nitrogen and oxygen atoms in total. The molecule has 248 valence electrons. The van der Waals surface area contributed by atoms with Crippen LogP contribution < -0.4 is 4.74 Å². The van der Waals surface area contributed by atoms with Crippen molar-refractivity contribution in [1.82, 2.24) is 4.90 Å². The van der Waals surface area contributed by atoms with E-state index in [4.69, 9.17) is 4.74 Å². The normalized spacial score (nSPS) is 17.5. The van der Waals surface area contributed by atoms with E-state index >= 15 is 4.79 Å². The molecule has 1 aliphatic heterocycles. The SMILES string of the molecule is Cc1ccc(C(C(=O)Oc2ccccc2C2N(C3CCCCC3)C(=O)C2(c2ccc(C)cc2)c2ccc(C)cc2)c2ccc(C)cc2)cc1. The molecule has 4 heteroatoms. The Kier molecular flexibility index (Phi) is 8.98. The maximum atomic E-state index is 15.0. The number of hydrogen-bond acceptors (Lipinski definition) is 3. The summed E-state index contributed by atoms with van der Waals surface area (Å²) in [5, 5.41) is 0. The Labute approximate surface area is 290 Å². The Bertz CT molecular complexity index is 1840. The van der Waals surface area contributed by atoms with E-state index in [2.05, 4.69) is 73.3 Å². The van der Waals surface area contributed by atoms with Crippen molar-refractivity contribution < 1.29 is 14.3 Å². The average molecular weight is 648 g/mol. The number of carbonyl (C=O) groups excluding carboxylic acids is 2. The van der Waals surface area contributed by atoms with Crippen molar-refractivity contribution in [2.75, 3.05) is 0 Å². The van der Waals surface area contributed by atoms with Crippen molar-refractivity contribution in [2.45, 2.75) is 83.2 Å². The van der Waals surface area contributed by atoms with Crippen LogP contribution in [0.3, 0.4) is 0 Å². The molecule has 1 saturated carbocycles. The molecule has 7 rings (SSSR count). The summed E-state index contributed by atoms with van der Waals surface area (Å²) in [6.45, 7) is 8.24. The highest BCUT2D eigenvalue weighted by Crippen LogP contribution is 2.59. The van der Waals surface area contributed by atoms with Gasteiger partial charge in [0.1, 0.15) is 17.1 Å². The minimum Gasteiger partial charge on any atom is -0.425 e. The number of carbonyl (C=O) groups is 2. The van der Waals surface area contributed by atoms with Crippen LogP contribution in [0.1, 0.15) is 94.1 Å². The summed E-state index contributed by atoms with van der Waals surface area (Å²) in [6, 6.07) is 40.7. The summed E-state index contributed by atoms with van der Waals surface area (Å²) in [6.07, 6.45) is 5.36. The second-order valence-corrected chi connectivity index (χ2v) is 14.2. The number of esters is 1. The van der Waals surface area contributed by atoms with Gasteiger partial charge in [-0.2, -0.15) is 0 Å². The summed E-state index contributed by atoms with van der Waals surface area (Å²) in [5.74, 6) is -0.328. The zero-order valence-electron chi connectivity index (χ0n) is 29.0. The number of amides is 1. The number of rotatable bonds is 8. The first kappa shape index (κ1) is 32.6. The van der Waals surface area contributed by atoms with E-state index in [0.29, 0.717) is 5.75 Å². The standard InChI is InChI=1S/C45H45NO3/c1-30-14-22-34(23-15-30)41(35-24-16-31(2)17-25-35)43(47)49-40-13-9-8-12-39(40)42-45(36-26-18-32(3)19-27-36,37-28-20-33(4)21-29-37)44(48)46(42)38-10-6-5-7-11-38/h8-9,12-29,38,41-42H,5-7,10-11H2,1-4H3. The first-order chi connectivity index (χ1) is 23.8. The van der Waals surface area contributed by atoms with Crippen LogP contribution in [0.4, 0.5) is 0 Å². The van der Waals surface area contributed by atoms with Gasteiger partial charge in [-0.15, -0.1) is 0 Å². The zero-order chi connectivity index (χ0) is 34.1. The fourth-order valence-corrected chi connectivity index (χ4v) is 8.01. The van der Waals surface area contributed by atoms with Gasteiger partial charge in [0.2, 0.25) is 5.91 Å². The maximum absolute atomic E-state index is 15.0. The Hall–Kier alpha value is -4.96. The van der Waals surface area contributed by atoms with Crippen LogP contribution in [0.25, 0.3) is 0 Å². The number of β-lactam (4-membered cyclic amide) rings is 1. The second kappa shape index (κ2) is 13.5. The van der Waals surface area contributed by atoms with Gasteiger partial charge >= 0.3 is 5.97 Å². The summed E-state index contributed by atoms with van der Waals surface area (Å²) in [4.78, 5) is 31.6. The molecular weight excluding hydrogens is 602 g/mol. The van der Waals surface area contributed by atoms with Crippen LogP contribution in [-0.4, -0.2) is 22.8 Å². The number of benzene rings is 5. The molecule has 5 aromatic rings. The Morgan fingerprint density at radius 1 is 0.633 bits per heavy atom. The van der Waals surface area contributed by atoms with E-state index in [-0.39, 0.29) is 24.0 Å². The van der Waals surface area contributed by atoms with Crippen LogP contribution >= 0.6 is 0 Å². The first-order valence-electron chi connectivity index (χ1n) is 17.7. The highest BCUT2D eigenvalue weighted by molar-refractivity contribution is 6.00. The highest BCUT2D eigenvalue weighted by atomic mass is 16.5. The summed E-state index contributed by atoms with van der Waals surface area (Å²) in [5.41, 5.74) is 8.12.